The van der Waals surface area contributed by atoms with Crippen molar-refractivity contribution in [2.75, 3.05) is 5.88 Å². The molecule has 0 saturated carbocycles. The van der Waals surface area contributed by atoms with Gasteiger partial charge in [0.25, 0.3) is 0 Å². The molecule has 110 valence electrons. The van der Waals surface area contributed by atoms with E-state index in [1.807, 2.05) is 12.1 Å². The van der Waals surface area contributed by atoms with Gasteiger partial charge in [0.1, 0.15) is 5.82 Å². The second-order valence-electron chi connectivity index (χ2n) is 4.73. The second kappa shape index (κ2) is 6.15. The van der Waals surface area contributed by atoms with Crippen molar-refractivity contribution >= 4 is 38.6 Å². The van der Waals surface area contributed by atoms with Crippen molar-refractivity contribution in [1.29, 1.82) is 0 Å². The zero-order valence-electron chi connectivity index (χ0n) is 11.5. The van der Waals surface area contributed by atoms with Gasteiger partial charge in [-0.05, 0) is 18.2 Å². The largest absolute Gasteiger partial charge is 0.340 e. The zero-order chi connectivity index (χ0) is 14.8. The number of hydrogen-bond acceptors (Lipinski definition) is 4. The fraction of sp³-hybridized carbons (Fsp3) is 0.357. The lowest BCUT2D eigenvalue weighted by Gasteiger charge is -2.07. The molecule has 0 radical (unpaired) electrons. The van der Waals surface area contributed by atoms with Gasteiger partial charge in [0.05, 0.1) is 11.0 Å². The number of rotatable bonds is 5. The van der Waals surface area contributed by atoms with E-state index in [2.05, 4.69) is 41.7 Å². The topological polar surface area (TPSA) is 56.7 Å². The summed E-state index contributed by atoms with van der Waals surface area (Å²) in [6, 6.07) is 6.07. The van der Waals surface area contributed by atoms with Crippen LogP contribution in [0.1, 0.15) is 17.5 Å². The Morgan fingerprint density at radius 3 is 2.86 bits per heavy atom. The highest BCUT2D eigenvalue weighted by atomic mass is 79.9. The Labute approximate surface area is 135 Å². The first-order valence-corrected chi connectivity index (χ1v) is 8.00. The molecule has 0 atom stereocenters. The Balaban J connectivity index is 1.94. The molecule has 1 aromatic carbocycles. The van der Waals surface area contributed by atoms with E-state index in [1.54, 1.807) is 6.92 Å². The van der Waals surface area contributed by atoms with Crippen LogP contribution in [0.2, 0.25) is 0 Å². The first kappa shape index (κ1) is 14.5. The molecule has 3 rings (SSSR count). The molecule has 0 amide bonds. The van der Waals surface area contributed by atoms with E-state index in [9.17, 15) is 0 Å². The highest BCUT2D eigenvalue weighted by Crippen LogP contribution is 2.22. The summed E-state index contributed by atoms with van der Waals surface area (Å²) in [7, 11) is 0. The van der Waals surface area contributed by atoms with Crippen molar-refractivity contribution in [1.82, 2.24) is 19.7 Å². The summed E-state index contributed by atoms with van der Waals surface area (Å²) in [6.45, 7) is 2.54. The Kier molecular flexibility index (Phi) is 4.26. The Bertz CT molecular complexity index is 768. The van der Waals surface area contributed by atoms with Gasteiger partial charge >= 0.3 is 0 Å². The van der Waals surface area contributed by atoms with Crippen LogP contribution >= 0.6 is 27.5 Å². The summed E-state index contributed by atoms with van der Waals surface area (Å²) in [5, 5.41) is 3.93. The van der Waals surface area contributed by atoms with Crippen molar-refractivity contribution < 1.29 is 4.52 Å². The van der Waals surface area contributed by atoms with E-state index < -0.39 is 0 Å². The maximum atomic E-state index is 5.89. The van der Waals surface area contributed by atoms with Crippen LogP contribution in [0.4, 0.5) is 0 Å². The van der Waals surface area contributed by atoms with Gasteiger partial charge in [-0.25, -0.2) is 4.98 Å². The predicted molar refractivity (Wildman–Crippen MR) is 84.6 cm³/mol. The van der Waals surface area contributed by atoms with E-state index in [-0.39, 0.29) is 0 Å². The van der Waals surface area contributed by atoms with E-state index in [4.69, 9.17) is 16.1 Å². The Morgan fingerprint density at radius 1 is 1.29 bits per heavy atom. The zero-order valence-corrected chi connectivity index (χ0v) is 13.9. The van der Waals surface area contributed by atoms with Gasteiger partial charge in [-0.2, -0.15) is 4.98 Å². The SMILES string of the molecule is Cc1nc(CCn2c(CCCl)nc3ccc(Br)cc32)no1. The number of halogens is 2. The molecule has 0 bridgehead atoms. The number of fused-ring (bicyclic) bond motifs is 1. The molecule has 0 aliphatic heterocycles. The van der Waals surface area contributed by atoms with Crippen LogP contribution in [0.3, 0.4) is 0 Å². The van der Waals surface area contributed by atoms with Crippen LogP contribution in [0, 0.1) is 6.92 Å². The third kappa shape index (κ3) is 3.11. The number of hydrogen-bond donors (Lipinski definition) is 0. The fourth-order valence-corrected chi connectivity index (χ4v) is 2.84. The molecule has 0 N–H and O–H groups in total. The third-order valence-electron chi connectivity index (χ3n) is 3.24. The van der Waals surface area contributed by atoms with Crippen molar-refractivity contribution in [3.05, 3.63) is 40.2 Å². The van der Waals surface area contributed by atoms with Crippen LogP contribution in [0.15, 0.2) is 27.2 Å². The summed E-state index contributed by atoms with van der Waals surface area (Å²) in [6.07, 6.45) is 1.43. The monoisotopic (exact) mass is 368 g/mol. The molecule has 2 aromatic heterocycles. The molecular weight excluding hydrogens is 356 g/mol. The van der Waals surface area contributed by atoms with Crippen molar-refractivity contribution in [3.8, 4) is 0 Å². The van der Waals surface area contributed by atoms with Crippen molar-refractivity contribution in [3.63, 3.8) is 0 Å². The number of imidazole rings is 1. The van der Waals surface area contributed by atoms with Gasteiger partial charge in [-0.3, -0.25) is 0 Å². The van der Waals surface area contributed by atoms with Crippen molar-refractivity contribution in [2.24, 2.45) is 0 Å². The molecule has 0 fully saturated rings. The Hall–Kier alpha value is -1.40. The maximum Gasteiger partial charge on any atom is 0.223 e. The number of alkyl halides is 1. The summed E-state index contributed by atoms with van der Waals surface area (Å²) < 4.78 is 8.21. The normalized spacial score (nSPS) is 11.4. The minimum Gasteiger partial charge on any atom is -0.340 e. The first-order chi connectivity index (χ1) is 10.2. The van der Waals surface area contributed by atoms with Gasteiger partial charge in [0.2, 0.25) is 5.89 Å². The summed E-state index contributed by atoms with van der Waals surface area (Å²) in [4.78, 5) is 8.89. The quantitative estimate of drug-likeness (QED) is 0.646. The molecule has 5 nitrogen and oxygen atoms in total. The number of benzene rings is 1. The molecule has 3 aromatic rings. The first-order valence-electron chi connectivity index (χ1n) is 6.67. The van der Waals surface area contributed by atoms with E-state index >= 15 is 0 Å². The highest BCUT2D eigenvalue weighted by molar-refractivity contribution is 9.10. The summed E-state index contributed by atoms with van der Waals surface area (Å²) >= 11 is 9.39. The minimum absolute atomic E-state index is 0.547. The van der Waals surface area contributed by atoms with Crippen LogP contribution in [-0.4, -0.2) is 25.6 Å². The second-order valence-corrected chi connectivity index (χ2v) is 6.02. The van der Waals surface area contributed by atoms with E-state index in [1.165, 1.54) is 0 Å². The molecule has 0 aliphatic rings. The van der Waals surface area contributed by atoms with Crippen LogP contribution in [0.5, 0.6) is 0 Å². The van der Waals surface area contributed by atoms with Gasteiger partial charge in [0.15, 0.2) is 5.82 Å². The predicted octanol–water partition coefficient (Wildman–Crippen LogP) is 3.51. The van der Waals surface area contributed by atoms with Crippen molar-refractivity contribution in [2.45, 2.75) is 26.3 Å². The van der Waals surface area contributed by atoms with Crippen LogP contribution in [-0.2, 0) is 19.4 Å². The molecule has 2 heterocycles. The molecule has 0 unspecified atom stereocenters. The minimum atomic E-state index is 0.547. The van der Waals surface area contributed by atoms with Crippen LogP contribution in [0.25, 0.3) is 11.0 Å². The summed E-state index contributed by atoms with van der Waals surface area (Å²) in [5.41, 5.74) is 2.06. The van der Waals surface area contributed by atoms with Gasteiger partial charge < -0.3 is 9.09 Å². The lowest BCUT2D eigenvalue weighted by Crippen LogP contribution is -2.07. The molecule has 21 heavy (non-hydrogen) atoms. The van der Waals surface area contributed by atoms with E-state index in [0.717, 1.165) is 34.3 Å². The van der Waals surface area contributed by atoms with Gasteiger partial charge in [-0.1, -0.05) is 21.1 Å². The number of nitrogens with zero attached hydrogens (tertiary/aromatic N) is 4. The standard InChI is InChI=1S/C14H14BrClN4O/c1-9-17-13(19-21-9)5-7-20-12-8-10(15)2-3-11(12)18-14(20)4-6-16/h2-3,8H,4-7H2,1H3. The fourth-order valence-electron chi connectivity index (χ4n) is 2.33. The lowest BCUT2D eigenvalue weighted by atomic mass is 10.3. The van der Waals surface area contributed by atoms with Gasteiger partial charge in [-0.15, -0.1) is 11.6 Å². The third-order valence-corrected chi connectivity index (χ3v) is 3.92. The molecule has 7 heteroatoms. The maximum absolute atomic E-state index is 5.89. The molecule has 0 saturated heterocycles. The molecular formula is C14H14BrClN4O. The molecule has 0 aliphatic carbocycles. The highest BCUT2D eigenvalue weighted by Gasteiger charge is 2.12. The average molecular weight is 370 g/mol. The number of aryl methyl sites for hydroxylation is 4. The lowest BCUT2D eigenvalue weighted by molar-refractivity contribution is 0.386. The van der Waals surface area contributed by atoms with E-state index in [0.29, 0.717) is 24.0 Å². The Morgan fingerprint density at radius 2 is 2.14 bits per heavy atom. The smallest absolute Gasteiger partial charge is 0.223 e. The van der Waals surface area contributed by atoms with Gasteiger partial charge in [0, 0.05) is 36.7 Å². The summed E-state index contributed by atoms with van der Waals surface area (Å²) in [5.74, 6) is 2.83. The van der Waals surface area contributed by atoms with Crippen LogP contribution < -0.4 is 0 Å². The average Bonchev–Trinajstić information content (AvgIpc) is 3.01. The molecule has 0 spiro atoms. The number of aromatic nitrogens is 4.